The second kappa shape index (κ2) is 8.68. The summed E-state index contributed by atoms with van der Waals surface area (Å²) in [6.07, 6.45) is 0.926. The van der Waals surface area contributed by atoms with Crippen molar-refractivity contribution in [3.8, 4) is 11.5 Å². The predicted octanol–water partition coefficient (Wildman–Crippen LogP) is 1.76. The van der Waals surface area contributed by atoms with Crippen LogP contribution in [0.2, 0.25) is 0 Å². The standard InChI is InChI=1S/C14H19NO6/c15-11-9-10(20-7-1-3-13(16)17)5-6-12(11)21-8-2-4-14(18)19/h5-6,9H,1-4,7-8,15H2,(H,16,17)(H,18,19). The van der Waals surface area contributed by atoms with Gasteiger partial charge in [-0.3, -0.25) is 9.59 Å². The van der Waals surface area contributed by atoms with Gasteiger partial charge in [0.1, 0.15) is 11.5 Å². The van der Waals surface area contributed by atoms with Crippen molar-refractivity contribution in [1.29, 1.82) is 0 Å². The third-order valence-electron chi connectivity index (χ3n) is 2.58. The lowest BCUT2D eigenvalue weighted by molar-refractivity contribution is -0.138. The number of hydrogen-bond acceptors (Lipinski definition) is 5. The molecule has 0 aliphatic heterocycles. The molecule has 21 heavy (non-hydrogen) atoms. The summed E-state index contributed by atoms with van der Waals surface area (Å²) in [5.41, 5.74) is 6.19. The quantitative estimate of drug-likeness (QED) is 0.444. The summed E-state index contributed by atoms with van der Waals surface area (Å²) < 4.78 is 10.8. The Morgan fingerprint density at radius 1 is 1.00 bits per heavy atom. The molecule has 0 aromatic heterocycles. The summed E-state index contributed by atoms with van der Waals surface area (Å²) in [7, 11) is 0. The van der Waals surface area contributed by atoms with Gasteiger partial charge in [-0.25, -0.2) is 0 Å². The second-order valence-electron chi connectivity index (χ2n) is 4.39. The molecule has 1 aromatic rings. The van der Waals surface area contributed by atoms with E-state index < -0.39 is 11.9 Å². The van der Waals surface area contributed by atoms with Crippen LogP contribution in [0.25, 0.3) is 0 Å². The van der Waals surface area contributed by atoms with Crippen molar-refractivity contribution < 1.29 is 29.3 Å². The Balaban J connectivity index is 2.37. The summed E-state index contributed by atoms with van der Waals surface area (Å²) in [6, 6.07) is 4.90. The summed E-state index contributed by atoms with van der Waals surface area (Å²) in [5.74, 6) is -0.714. The smallest absolute Gasteiger partial charge is 0.303 e. The van der Waals surface area contributed by atoms with E-state index in [0.29, 0.717) is 36.6 Å². The number of carboxylic acid groups (broad SMARTS) is 2. The first-order chi connectivity index (χ1) is 9.99. The first kappa shape index (κ1) is 16.6. The van der Waals surface area contributed by atoms with Crippen molar-refractivity contribution in [2.24, 2.45) is 0 Å². The Kier molecular flexibility index (Phi) is 6.86. The fourth-order valence-electron chi connectivity index (χ4n) is 1.57. The highest BCUT2D eigenvalue weighted by atomic mass is 16.5. The minimum absolute atomic E-state index is 0.0463. The third-order valence-corrected chi connectivity index (χ3v) is 2.58. The molecule has 4 N–H and O–H groups in total. The molecule has 0 unspecified atom stereocenters. The van der Waals surface area contributed by atoms with Crippen molar-refractivity contribution in [2.75, 3.05) is 18.9 Å². The zero-order valence-electron chi connectivity index (χ0n) is 11.6. The molecular weight excluding hydrogens is 278 g/mol. The first-order valence-electron chi connectivity index (χ1n) is 6.57. The van der Waals surface area contributed by atoms with Gasteiger partial charge in [-0.15, -0.1) is 0 Å². The molecule has 0 saturated heterocycles. The molecule has 0 fully saturated rings. The van der Waals surface area contributed by atoms with Crippen LogP contribution in [0.3, 0.4) is 0 Å². The zero-order chi connectivity index (χ0) is 15.7. The molecule has 0 spiro atoms. The number of hydrogen-bond donors (Lipinski definition) is 3. The molecule has 0 aliphatic rings. The largest absolute Gasteiger partial charge is 0.493 e. The molecule has 0 amide bonds. The van der Waals surface area contributed by atoms with Gasteiger partial charge in [0.25, 0.3) is 0 Å². The van der Waals surface area contributed by atoms with Gasteiger partial charge < -0.3 is 25.4 Å². The second-order valence-corrected chi connectivity index (χ2v) is 4.39. The van der Waals surface area contributed by atoms with Crippen LogP contribution in [0.5, 0.6) is 11.5 Å². The SMILES string of the molecule is Nc1cc(OCCCC(=O)O)ccc1OCCCC(=O)O. The number of aliphatic carboxylic acids is 2. The number of nitrogen functional groups attached to an aromatic ring is 1. The molecule has 116 valence electrons. The molecular formula is C14H19NO6. The Bertz CT molecular complexity index is 488. The topological polar surface area (TPSA) is 119 Å². The van der Waals surface area contributed by atoms with E-state index in [4.69, 9.17) is 25.4 Å². The molecule has 0 aliphatic carbocycles. The van der Waals surface area contributed by atoms with Crippen molar-refractivity contribution in [1.82, 2.24) is 0 Å². The number of ether oxygens (including phenoxy) is 2. The van der Waals surface area contributed by atoms with E-state index in [1.54, 1.807) is 18.2 Å². The highest BCUT2D eigenvalue weighted by molar-refractivity contribution is 5.66. The van der Waals surface area contributed by atoms with E-state index >= 15 is 0 Å². The van der Waals surface area contributed by atoms with Gasteiger partial charge in [0.15, 0.2) is 0 Å². The van der Waals surface area contributed by atoms with Gasteiger partial charge in [-0.05, 0) is 25.0 Å². The summed E-state index contributed by atoms with van der Waals surface area (Å²) >= 11 is 0. The van der Waals surface area contributed by atoms with E-state index in [2.05, 4.69) is 0 Å². The summed E-state index contributed by atoms with van der Waals surface area (Å²) in [5, 5.41) is 17.0. The summed E-state index contributed by atoms with van der Waals surface area (Å²) in [6.45, 7) is 0.569. The van der Waals surface area contributed by atoms with Crippen molar-refractivity contribution in [3.05, 3.63) is 18.2 Å². The molecule has 0 bridgehead atoms. The molecule has 0 radical (unpaired) electrons. The molecule has 1 rings (SSSR count). The third kappa shape index (κ3) is 7.05. The lowest BCUT2D eigenvalue weighted by Gasteiger charge is -2.11. The summed E-state index contributed by atoms with van der Waals surface area (Å²) in [4.78, 5) is 20.7. The molecule has 7 nitrogen and oxygen atoms in total. The van der Waals surface area contributed by atoms with Crippen LogP contribution in [0.1, 0.15) is 25.7 Å². The van der Waals surface area contributed by atoms with E-state index in [-0.39, 0.29) is 19.4 Å². The maximum atomic E-state index is 10.4. The van der Waals surface area contributed by atoms with Crippen LogP contribution in [0.15, 0.2) is 18.2 Å². The molecule has 1 aromatic carbocycles. The zero-order valence-corrected chi connectivity index (χ0v) is 11.6. The van der Waals surface area contributed by atoms with Crippen molar-refractivity contribution in [3.63, 3.8) is 0 Å². The van der Waals surface area contributed by atoms with E-state index in [0.717, 1.165) is 0 Å². The Morgan fingerprint density at radius 2 is 1.57 bits per heavy atom. The highest BCUT2D eigenvalue weighted by Gasteiger charge is 2.04. The van der Waals surface area contributed by atoms with E-state index in [1.165, 1.54) is 0 Å². The normalized spacial score (nSPS) is 10.1. The molecule has 0 saturated carbocycles. The van der Waals surface area contributed by atoms with E-state index in [1.807, 2.05) is 0 Å². The average molecular weight is 297 g/mol. The Labute approximate surface area is 122 Å². The Morgan fingerprint density at radius 3 is 2.10 bits per heavy atom. The average Bonchev–Trinajstić information content (AvgIpc) is 2.41. The maximum absolute atomic E-state index is 10.4. The fourth-order valence-corrected chi connectivity index (χ4v) is 1.57. The number of nitrogens with two attached hydrogens (primary N) is 1. The lowest BCUT2D eigenvalue weighted by atomic mass is 10.2. The molecule has 0 heterocycles. The monoisotopic (exact) mass is 297 g/mol. The van der Waals surface area contributed by atoms with E-state index in [9.17, 15) is 9.59 Å². The number of carbonyl (C=O) groups is 2. The maximum Gasteiger partial charge on any atom is 0.303 e. The number of benzene rings is 1. The molecule has 0 atom stereocenters. The number of anilines is 1. The highest BCUT2D eigenvalue weighted by Crippen LogP contribution is 2.26. The molecule has 7 heteroatoms. The van der Waals surface area contributed by atoms with Gasteiger partial charge in [0.05, 0.1) is 18.9 Å². The fraction of sp³-hybridized carbons (Fsp3) is 0.429. The minimum atomic E-state index is -0.864. The van der Waals surface area contributed by atoms with Gasteiger partial charge in [0.2, 0.25) is 0 Å². The van der Waals surface area contributed by atoms with Gasteiger partial charge in [-0.1, -0.05) is 0 Å². The van der Waals surface area contributed by atoms with Crippen molar-refractivity contribution in [2.45, 2.75) is 25.7 Å². The lowest BCUT2D eigenvalue weighted by Crippen LogP contribution is -2.05. The number of rotatable bonds is 10. The predicted molar refractivity (Wildman–Crippen MR) is 75.6 cm³/mol. The van der Waals surface area contributed by atoms with Gasteiger partial charge >= 0.3 is 11.9 Å². The van der Waals surface area contributed by atoms with Crippen molar-refractivity contribution >= 4 is 17.6 Å². The van der Waals surface area contributed by atoms with Crippen LogP contribution in [0, 0.1) is 0 Å². The first-order valence-corrected chi connectivity index (χ1v) is 6.57. The van der Waals surface area contributed by atoms with Gasteiger partial charge in [0, 0.05) is 18.9 Å². The van der Waals surface area contributed by atoms with Crippen LogP contribution in [-0.2, 0) is 9.59 Å². The number of carboxylic acids is 2. The minimum Gasteiger partial charge on any atom is -0.493 e. The van der Waals surface area contributed by atoms with Crippen LogP contribution in [-0.4, -0.2) is 35.4 Å². The van der Waals surface area contributed by atoms with Crippen LogP contribution >= 0.6 is 0 Å². The van der Waals surface area contributed by atoms with Crippen LogP contribution < -0.4 is 15.2 Å². The van der Waals surface area contributed by atoms with Gasteiger partial charge in [-0.2, -0.15) is 0 Å². The van der Waals surface area contributed by atoms with Crippen LogP contribution in [0.4, 0.5) is 5.69 Å². The Hall–Kier alpha value is -2.44.